The maximum absolute atomic E-state index is 11.5. The number of hydrogen-bond acceptors (Lipinski definition) is 4. The van der Waals surface area contributed by atoms with Crippen LogP contribution < -0.4 is 0 Å². The number of rotatable bonds is 3. The topological polar surface area (TPSA) is 79.3 Å². The molecule has 4 rings (SSSR count). The molecule has 0 saturated carbocycles. The van der Waals surface area contributed by atoms with Crippen molar-refractivity contribution in [1.29, 1.82) is 0 Å². The van der Waals surface area contributed by atoms with Crippen LogP contribution in [0.25, 0.3) is 16.4 Å². The Morgan fingerprint density at radius 1 is 1.04 bits per heavy atom. The molecule has 0 aliphatic rings. The Hall–Kier alpha value is -3.54. The zero-order valence-electron chi connectivity index (χ0n) is 13.4. The molecule has 25 heavy (non-hydrogen) atoms. The van der Waals surface area contributed by atoms with E-state index in [4.69, 9.17) is 0 Å². The molecule has 0 saturated heterocycles. The van der Waals surface area contributed by atoms with E-state index in [-0.39, 0.29) is 11.5 Å². The van der Waals surface area contributed by atoms with Gasteiger partial charge in [-0.3, -0.25) is 4.40 Å². The molecule has 0 aliphatic carbocycles. The van der Waals surface area contributed by atoms with Crippen molar-refractivity contribution in [2.45, 2.75) is 6.92 Å². The Labute approximate surface area is 143 Å². The summed E-state index contributed by atoms with van der Waals surface area (Å²) in [7, 11) is 0. The van der Waals surface area contributed by atoms with Gasteiger partial charge in [0.15, 0.2) is 11.5 Å². The Kier molecular flexibility index (Phi) is 3.50. The number of imidazole rings is 1. The first kappa shape index (κ1) is 15.0. The summed E-state index contributed by atoms with van der Waals surface area (Å²) in [5.41, 5.74) is 2.06. The van der Waals surface area contributed by atoms with Crippen LogP contribution in [-0.4, -0.2) is 20.5 Å². The summed E-state index contributed by atoms with van der Waals surface area (Å²) in [5, 5.41) is 20.0. The van der Waals surface area contributed by atoms with E-state index in [2.05, 4.69) is 15.2 Å². The van der Waals surface area contributed by atoms with Crippen LogP contribution in [0.2, 0.25) is 0 Å². The van der Waals surface area contributed by atoms with Crippen molar-refractivity contribution in [3.05, 3.63) is 72.1 Å². The van der Waals surface area contributed by atoms with E-state index < -0.39 is 5.97 Å². The number of aromatic carboxylic acids is 1. The van der Waals surface area contributed by atoms with Crippen LogP contribution >= 0.6 is 0 Å². The van der Waals surface area contributed by atoms with Gasteiger partial charge in [0.1, 0.15) is 5.65 Å². The van der Waals surface area contributed by atoms with E-state index in [9.17, 15) is 9.90 Å². The monoisotopic (exact) mass is 330 g/mol. The highest BCUT2D eigenvalue weighted by Crippen LogP contribution is 2.29. The van der Waals surface area contributed by atoms with Crippen molar-refractivity contribution >= 4 is 33.9 Å². The molecule has 0 aliphatic heterocycles. The van der Waals surface area contributed by atoms with E-state index in [1.807, 2.05) is 55.5 Å². The number of carbonyl (C=O) groups is 1. The molecule has 2 heterocycles. The van der Waals surface area contributed by atoms with E-state index in [1.165, 1.54) is 0 Å². The second kappa shape index (κ2) is 5.83. The van der Waals surface area contributed by atoms with E-state index in [1.54, 1.807) is 16.7 Å². The number of pyridine rings is 1. The number of hydrogen-bond donors (Lipinski definition) is 1. The van der Waals surface area contributed by atoms with Gasteiger partial charge in [0.2, 0.25) is 0 Å². The van der Waals surface area contributed by atoms with Crippen molar-refractivity contribution in [2.75, 3.05) is 0 Å². The summed E-state index contributed by atoms with van der Waals surface area (Å²) < 4.78 is 1.65. The second-order valence-corrected chi connectivity index (χ2v) is 5.72. The quantitative estimate of drug-likeness (QED) is 0.542. The first-order chi connectivity index (χ1) is 12.1. The molecule has 2 aromatic carbocycles. The van der Waals surface area contributed by atoms with E-state index in [0.717, 1.165) is 16.3 Å². The summed E-state index contributed by atoms with van der Waals surface area (Å²) >= 11 is 0. The smallest absolute Gasteiger partial charge is 0.358 e. The van der Waals surface area contributed by atoms with Crippen LogP contribution in [0, 0.1) is 6.92 Å². The van der Waals surface area contributed by atoms with Crippen molar-refractivity contribution in [1.82, 2.24) is 9.38 Å². The van der Waals surface area contributed by atoms with Crippen molar-refractivity contribution < 1.29 is 9.90 Å². The molecule has 122 valence electrons. The zero-order chi connectivity index (χ0) is 17.4. The molecule has 6 heteroatoms. The number of nitrogens with zero attached hydrogens (tertiary/aromatic N) is 4. The minimum Gasteiger partial charge on any atom is -0.476 e. The molecule has 1 N–H and O–H groups in total. The Balaban J connectivity index is 1.89. The van der Waals surface area contributed by atoms with Crippen molar-refractivity contribution in [2.24, 2.45) is 10.2 Å². The molecule has 0 unspecified atom stereocenters. The fourth-order valence-corrected chi connectivity index (χ4v) is 2.77. The van der Waals surface area contributed by atoms with Gasteiger partial charge >= 0.3 is 5.97 Å². The Morgan fingerprint density at radius 3 is 2.68 bits per heavy atom. The first-order valence-corrected chi connectivity index (χ1v) is 7.75. The van der Waals surface area contributed by atoms with Crippen LogP contribution in [0.5, 0.6) is 0 Å². The third-order valence-electron chi connectivity index (χ3n) is 3.96. The molecule has 0 spiro atoms. The lowest BCUT2D eigenvalue weighted by Crippen LogP contribution is -1.96. The van der Waals surface area contributed by atoms with Gasteiger partial charge in [-0.1, -0.05) is 42.5 Å². The summed E-state index contributed by atoms with van der Waals surface area (Å²) in [4.78, 5) is 15.7. The number of aromatic nitrogens is 2. The third kappa shape index (κ3) is 2.63. The average Bonchev–Trinajstić information content (AvgIpc) is 2.98. The molecular weight excluding hydrogens is 316 g/mol. The number of aryl methyl sites for hydroxylation is 1. The lowest BCUT2D eigenvalue weighted by Gasteiger charge is -2.01. The number of azo groups is 1. The molecule has 0 atom stereocenters. The first-order valence-electron chi connectivity index (χ1n) is 7.75. The van der Waals surface area contributed by atoms with E-state index in [0.29, 0.717) is 11.3 Å². The summed E-state index contributed by atoms with van der Waals surface area (Å²) in [6, 6.07) is 17.2. The van der Waals surface area contributed by atoms with Crippen molar-refractivity contribution in [3.63, 3.8) is 0 Å². The largest absolute Gasteiger partial charge is 0.476 e. The highest BCUT2D eigenvalue weighted by atomic mass is 16.4. The van der Waals surface area contributed by atoms with Gasteiger partial charge in [0.05, 0.1) is 5.69 Å². The Morgan fingerprint density at radius 2 is 1.84 bits per heavy atom. The van der Waals surface area contributed by atoms with Crippen LogP contribution in [0.1, 0.15) is 16.1 Å². The molecule has 6 nitrogen and oxygen atoms in total. The van der Waals surface area contributed by atoms with E-state index >= 15 is 0 Å². The predicted octanol–water partition coefficient (Wildman–Crippen LogP) is 4.91. The minimum atomic E-state index is -1.13. The molecule has 0 radical (unpaired) electrons. The van der Waals surface area contributed by atoms with Gasteiger partial charge in [-0.25, -0.2) is 9.78 Å². The lowest BCUT2D eigenvalue weighted by atomic mass is 10.1. The minimum absolute atomic E-state index is 0.116. The molecule has 4 aromatic rings. The highest BCUT2D eigenvalue weighted by molar-refractivity contribution is 5.93. The lowest BCUT2D eigenvalue weighted by molar-refractivity contribution is 0.0692. The van der Waals surface area contributed by atoms with Crippen LogP contribution in [0.4, 0.5) is 11.5 Å². The van der Waals surface area contributed by atoms with Gasteiger partial charge in [0.25, 0.3) is 0 Å². The van der Waals surface area contributed by atoms with Gasteiger partial charge in [0, 0.05) is 11.6 Å². The predicted molar refractivity (Wildman–Crippen MR) is 95.0 cm³/mol. The zero-order valence-corrected chi connectivity index (χ0v) is 13.4. The number of carboxylic acids is 1. The standard InChI is InChI=1S/C19H14N4O2/c1-12-9-10-16-20-17(19(24)25)18(23(16)11-12)22-21-15-8-4-6-13-5-2-3-7-14(13)15/h2-11H,1H3,(H,24,25). The summed E-state index contributed by atoms with van der Waals surface area (Å²) in [6.07, 6.45) is 1.80. The summed E-state index contributed by atoms with van der Waals surface area (Å²) in [6.45, 7) is 1.92. The normalized spacial score (nSPS) is 11.6. The number of carboxylic acid groups (broad SMARTS) is 1. The molecule has 0 fully saturated rings. The molecular formula is C19H14N4O2. The third-order valence-corrected chi connectivity index (χ3v) is 3.96. The fraction of sp³-hybridized carbons (Fsp3) is 0.0526. The molecule has 0 bridgehead atoms. The molecule has 0 amide bonds. The second-order valence-electron chi connectivity index (χ2n) is 5.72. The SMILES string of the molecule is Cc1ccc2nc(C(=O)O)c(N=Nc3cccc4ccccc34)n2c1. The highest BCUT2D eigenvalue weighted by Gasteiger charge is 2.18. The van der Waals surface area contributed by atoms with Gasteiger partial charge < -0.3 is 5.11 Å². The van der Waals surface area contributed by atoms with Gasteiger partial charge in [-0.05, 0) is 30.0 Å². The van der Waals surface area contributed by atoms with Crippen LogP contribution in [0.15, 0.2) is 71.0 Å². The average molecular weight is 330 g/mol. The van der Waals surface area contributed by atoms with Crippen LogP contribution in [-0.2, 0) is 0 Å². The number of fused-ring (bicyclic) bond motifs is 2. The van der Waals surface area contributed by atoms with Crippen molar-refractivity contribution in [3.8, 4) is 0 Å². The number of benzene rings is 2. The van der Waals surface area contributed by atoms with Gasteiger partial charge in [-0.15, -0.1) is 10.2 Å². The fourth-order valence-electron chi connectivity index (χ4n) is 2.77. The van der Waals surface area contributed by atoms with Crippen LogP contribution in [0.3, 0.4) is 0 Å². The van der Waals surface area contributed by atoms with Gasteiger partial charge in [-0.2, -0.15) is 0 Å². The Bertz CT molecular complexity index is 1140. The molecule has 2 aromatic heterocycles. The maximum Gasteiger partial charge on any atom is 0.358 e. The maximum atomic E-state index is 11.5. The summed E-state index contributed by atoms with van der Waals surface area (Å²) in [5.74, 6) is -0.924.